The molecule has 0 aliphatic rings. The van der Waals surface area contributed by atoms with Crippen LogP contribution in [0.15, 0.2) is 46.3 Å². The summed E-state index contributed by atoms with van der Waals surface area (Å²) in [6.07, 6.45) is 1.60. The zero-order chi connectivity index (χ0) is 11.4. The lowest BCUT2D eigenvalue weighted by Crippen LogP contribution is -2.08. The van der Waals surface area contributed by atoms with Gasteiger partial charge in [-0.25, -0.2) is 4.79 Å². The van der Waals surface area contributed by atoms with Crippen LogP contribution in [0.5, 0.6) is 0 Å². The zero-order valence-corrected chi connectivity index (χ0v) is 9.89. The second-order valence-corrected chi connectivity index (χ2v) is 4.58. The molecule has 2 aromatic rings. The van der Waals surface area contributed by atoms with E-state index in [0.29, 0.717) is 0 Å². The second-order valence-electron chi connectivity index (χ2n) is 3.15. The van der Waals surface area contributed by atoms with Gasteiger partial charge in [-0.15, -0.1) is 11.8 Å². The minimum absolute atomic E-state index is 0.318. The zero-order valence-electron chi connectivity index (χ0n) is 8.31. The van der Waals surface area contributed by atoms with Gasteiger partial charge in [0.1, 0.15) is 5.03 Å². The van der Waals surface area contributed by atoms with Gasteiger partial charge in [0.05, 0.1) is 0 Å². The van der Waals surface area contributed by atoms with E-state index in [1.807, 2.05) is 24.3 Å². The number of H-pyrrole nitrogens is 1. The average Bonchev–Trinajstić information content (AvgIpc) is 2.28. The van der Waals surface area contributed by atoms with E-state index in [0.717, 1.165) is 21.4 Å². The smallest absolute Gasteiger partial charge is 0.313 e. The summed E-state index contributed by atoms with van der Waals surface area (Å²) in [6, 6.07) is 9.40. The Morgan fingerprint density at radius 2 is 2.00 bits per heavy atom. The fourth-order valence-electron chi connectivity index (χ4n) is 1.17. The van der Waals surface area contributed by atoms with Crippen molar-refractivity contribution in [2.45, 2.75) is 10.8 Å². The first-order chi connectivity index (χ1) is 7.74. The summed E-state index contributed by atoms with van der Waals surface area (Å²) in [7, 11) is 0. The van der Waals surface area contributed by atoms with Gasteiger partial charge in [-0.3, -0.25) is 0 Å². The molecule has 1 heterocycles. The van der Waals surface area contributed by atoms with Crippen molar-refractivity contribution in [2.75, 3.05) is 0 Å². The van der Waals surface area contributed by atoms with E-state index in [4.69, 9.17) is 11.6 Å². The van der Waals surface area contributed by atoms with Crippen LogP contribution in [0, 0.1) is 0 Å². The Kier molecular flexibility index (Phi) is 3.64. The van der Waals surface area contributed by atoms with Crippen LogP contribution < -0.4 is 5.69 Å². The molecule has 2 rings (SSSR count). The lowest BCUT2D eigenvalue weighted by molar-refractivity contribution is 0.978. The number of thioether (sulfide) groups is 1. The van der Waals surface area contributed by atoms with Crippen LogP contribution in [0.1, 0.15) is 5.56 Å². The first-order valence-electron chi connectivity index (χ1n) is 4.67. The van der Waals surface area contributed by atoms with Gasteiger partial charge < -0.3 is 4.98 Å². The molecular formula is C11H9ClN2OS. The van der Waals surface area contributed by atoms with Crippen LogP contribution in [0.25, 0.3) is 0 Å². The third-order valence-corrected chi connectivity index (χ3v) is 3.20. The third-order valence-electron chi connectivity index (χ3n) is 1.94. The molecule has 0 radical (unpaired) electrons. The van der Waals surface area contributed by atoms with Gasteiger partial charge in [0, 0.05) is 17.0 Å². The highest BCUT2D eigenvalue weighted by Gasteiger charge is 1.98. The maximum absolute atomic E-state index is 10.9. The summed E-state index contributed by atoms with van der Waals surface area (Å²) < 4.78 is 0. The molecule has 0 aliphatic heterocycles. The molecule has 1 aromatic carbocycles. The van der Waals surface area contributed by atoms with Crippen LogP contribution in [0.2, 0.25) is 5.02 Å². The number of nitrogens with zero attached hydrogens (tertiary/aromatic N) is 1. The van der Waals surface area contributed by atoms with Crippen molar-refractivity contribution in [1.29, 1.82) is 0 Å². The van der Waals surface area contributed by atoms with Gasteiger partial charge in [0.2, 0.25) is 0 Å². The molecule has 0 fully saturated rings. The van der Waals surface area contributed by atoms with Crippen molar-refractivity contribution in [3.05, 3.63) is 57.6 Å². The fraction of sp³-hybridized carbons (Fsp3) is 0.0909. The van der Waals surface area contributed by atoms with Gasteiger partial charge in [0.25, 0.3) is 0 Å². The van der Waals surface area contributed by atoms with Gasteiger partial charge in [-0.05, 0) is 23.8 Å². The van der Waals surface area contributed by atoms with E-state index in [2.05, 4.69) is 9.97 Å². The standard InChI is InChI=1S/C11H9ClN2OS/c12-9-3-1-8(2-4-9)7-16-10-5-6-13-11(15)14-10/h1-6H,7H2,(H,13,14,15). The highest BCUT2D eigenvalue weighted by Crippen LogP contribution is 2.20. The lowest BCUT2D eigenvalue weighted by atomic mass is 10.2. The molecule has 0 unspecified atom stereocenters. The summed E-state index contributed by atoms with van der Waals surface area (Å²) >= 11 is 7.30. The summed E-state index contributed by atoms with van der Waals surface area (Å²) in [5, 5.41) is 1.45. The van der Waals surface area contributed by atoms with Crippen molar-refractivity contribution in [3.8, 4) is 0 Å². The van der Waals surface area contributed by atoms with Crippen LogP contribution >= 0.6 is 23.4 Å². The Hall–Kier alpha value is -1.26. The molecule has 0 amide bonds. The highest BCUT2D eigenvalue weighted by molar-refractivity contribution is 7.98. The predicted octanol–water partition coefficient (Wildman–Crippen LogP) is 2.72. The molecule has 1 aromatic heterocycles. The molecule has 0 bridgehead atoms. The number of hydrogen-bond acceptors (Lipinski definition) is 3. The summed E-state index contributed by atoms with van der Waals surface area (Å²) in [5.41, 5.74) is 0.831. The number of aromatic amines is 1. The Bertz CT molecular complexity index is 524. The summed E-state index contributed by atoms with van der Waals surface area (Å²) in [6.45, 7) is 0. The van der Waals surface area contributed by atoms with Crippen LogP contribution in [-0.4, -0.2) is 9.97 Å². The fourth-order valence-corrected chi connectivity index (χ4v) is 2.12. The first-order valence-corrected chi connectivity index (χ1v) is 6.03. The van der Waals surface area contributed by atoms with Gasteiger partial charge in [-0.1, -0.05) is 23.7 Å². The molecule has 16 heavy (non-hydrogen) atoms. The van der Waals surface area contributed by atoms with E-state index in [9.17, 15) is 4.79 Å². The predicted molar refractivity (Wildman–Crippen MR) is 65.9 cm³/mol. The maximum Gasteiger partial charge on any atom is 0.345 e. The van der Waals surface area contributed by atoms with E-state index >= 15 is 0 Å². The Balaban J connectivity index is 2.02. The minimum Gasteiger partial charge on any atom is -0.313 e. The van der Waals surface area contributed by atoms with E-state index < -0.39 is 0 Å². The number of benzene rings is 1. The molecular weight excluding hydrogens is 244 g/mol. The molecule has 0 aliphatic carbocycles. The molecule has 0 atom stereocenters. The van der Waals surface area contributed by atoms with Crippen molar-refractivity contribution in [3.63, 3.8) is 0 Å². The third kappa shape index (κ3) is 3.12. The number of rotatable bonds is 3. The minimum atomic E-state index is -0.318. The lowest BCUT2D eigenvalue weighted by Gasteiger charge is -2.00. The quantitative estimate of drug-likeness (QED) is 0.675. The van der Waals surface area contributed by atoms with Gasteiger partial charge >= 0.3 is 5.69 Å². The molecule has 0 saturated carbocycles. The van der Waals surface area contributed by atoms with Crippen LogP contribution in [-0.2, 0) is 5.75 Å². The normalized spacial score (nSPS) is 10.3. The molecule has 5 heteroatoms. The number of nitrogens with one attached hydrogen (secondary N) is 1. The van der Waals surface area contributed by atoms with Crippen molar-refractivity contribution in [1.82, 2.24) is 9.97 Å². The van der Waals surface area contributed by atoms with Crippen LogP contribution in [0.4, 0.5) is 0 Å². The van der Waals surface area contributed by atoms with Crippen molar-refractivity contribution in [2.24, 2.45) is 0 Å². The number of hydrogen-bond donors (Lipinski definition) is 1. The Labute approximate surface area is 102 Å². The SMILES string of the molecule is O=c1nc(SCc2ccc(Cl)cc2)cc[nH]1. The molecule has 3 nitrogen and oxygen atoms in total. The van der Waals surface area contributed by atoms with Crippen molar-refractivity contribution < 1.29 is 0 Å². The molecule has 0 spiro atoms. The van der Waals surface area contributed by atoms with Gasteiger partial charge in [-0.2, -0.15) is 4.98 Å². The maximum atomic E-state index is 10.9. The molecule has 82 valence electrons. The number of halogens is 1. The molecule has 0 saturated heterocycles. The Morgan fingerprint density at radius 1 is 1.25 bits per heavy atom. The summed E-state index contributed by atoms with van der Waals surface area (Å²) in [4.78, 5) is 17.3. The second kappa shape index (κ2) is 5.18. The van der Waals surface area contributed by atoms with E-state index in [-0.39, 0.29) is 5.69 Å². The Morgan fingerprint density at radius 3 is 2.69 bits per heavy atom. The monoisotopic (exact) mass is 252 g/mol. The number of aromatic nitrogens is 2. The van der Waals surface area contributed by atoms with Crippen molar-refractivity contribution >= 4 is 23.4 Å². The van der Waals surface area contributed by atoms with E-state index in [1.165, 1.54) is 11.8 Å². The molecule has 1 N–H and O–H groups in total. The topological polar surface area (TPSA) is 45.8 Å². The van der Waals surface area contributed by atoms with Crippen LogP contribution in [0.3, 0.4) is 0 Å². The summed E-state index contributed by atoms with van der Waals surface area (Å²) in [5.74, 6) is 0.771. The largest absolute Gasteiger partial charge is 0.345 e. The average molecular weight is 253 g/mol. The van der Waals surface area contributed by atoms with E-state index in [1.54, 1.807) is 12.3 Å². The van der Waals surface area contributed by atoms with Gasteiger partial charge in [0.15, 0.2) is 0 Å². The first kappa shape index (κ1) is 11.2. The highest BCUT2D eigenvalue weighted by atomic mass is 35.5.